The Kier molecular flexibility index (Phi) is 3.09. The van der Waals surface area contributed by atoms with E-state index in [9.17, 15) is 4.79 Å². The van der Waals surface area contributed by atoms with Crippen LogP contribution in [0.4, 0.5) is 4.79 Å². The summed E-state index contributed by atoms with van der Waals surface area (Å²) in [5, 5.41) is 0. The number of nitrogens with zero attached hydrogens (tertiary/aromatic N) is 1. The molecule has 70 valence electrons. The molecule has 1 aliphatic rings. The second-order valence-electron chi connectivity index (χ2n) is 3.44. The molecule has 0 aromatic carbocycles. The van der Waals surface area contributed by atoms with Gasteiger partial charge in [-0.3, -0.25) is 0 Å². The summed E-state index contributed by atoms with van der Waals surface area (Å²) in [6.07, 6.45) is 3.51. The van der Waals surface area contributed by atoms with Crippen LogP contribution in [0.1, 0.15) is 26.2 Å². The van der Waals surface area contributed by atoms with Crippen molar-refractivity contribution in [1.29, 1.82) is 0 Å². The summed E-state index contributed by atoms with van der Waals surface area (Å²) < 4.78 is 5.36. The van der Waals surface area contributed by atoms with Gasteiger partial charge in [0.05, 0.1) is 26.7 Å². The summed E-state index contributed by atoms with van der Waals surface area (Å²) in [5.74, 6) is 0. The highest BCUT2D eigenvalue weighted by molar-refractivity contribution is 5.59. The Morgan fingerprint density at radius 1 is 1.33 bits per heavy atom. The molecular formula is C9H18NO2+. The highest BCUT2D eigenvalue weighted by atomic mass is 16.5. The fourth-order valence-corrected chi connectivity index (χ4v) is 1.94. The van der Waals surface area contributed by atoms with Gasteiger partial charge < -0.3 is 4.74 Å². The average Bonchev–Trinajstić information content (AvgIpc) is 2.17. The predicted molar refractivity (Wildman–Crippen MR) is 46.8 cm³/mol. The topological polar surface area (TPSA) is 26.3 Å². The number of likely N-dealkylation sites (tertiary alicyclic amines) is 1. The van der Waals surface area contributed by atoms with E-state index < -0.39 is 0 Å². The molecule has 3 nitrogen and oxygen atoms in total. The third-order valence-corrected chi connectivity index (χ3v) is 2.84. The molecule has 0 aromatic rings. The molecule has 0 aliphatic carbocycles. The van der Waals surface area contributed by atoms with Crippen LogP contribution in [0.3, 0.4) is 0 Å². The van der Waals surface area contributed by atoms with Gasteiger partial charge in [0.25, 0.3) is 0 Å². The molecule has 0 N–H and O–H groups in total. The Hall–Kier alpha value is -0.570. The van der Waals surface area contributed by atoms with Crippen LogP contribution in [-0.2, 0) is 4.74 Å². The maximum absolute atomic E-state index is 11.5. The molecule has 1 saturated heterocycles. The summed E-state index contributed by atoms with van der Waals surface area (Å²) >= 11 is 0. The van der Waals surface area contributed by atoms with Gasteiger partial charge in [-0.15, -0.1) is 0 Å². The van der Waals surface area contributed by atoms with E-state index in [0.29, 0.717) is 4.48 Å². The number of rotatable bonds is 1. The van der Waals surface area contributed by atoms with Gasteiger partial charge in [0, 0.05) is 0 Å². The van der Waals surface area contributed by atoms with Crippen LogP contribution in [-0.4, -0.2) is 37.3 Å². The molecular weight excluding hydrogens is 154 g/mol. The zero-order chi connectivity index (χ0) is 9.03. The number of methoxy groups -OCH3 is 1. The second-order valence-corrected chi connectivity index (χ2v) is 3.44. The van der Waals surface area contributed by atoms with E-state index in [-0.39, 0.29) is 6.09 Å². The molecule has 0 saturated carbocycles. The van der Waals surface area contributed by atoms with Crippen molar-refractivity contribution in [3.8, 4) is 0 Å². The lowest BCUT2D eigenvalue weighted by Crippen LogP contribution is -2.55. The van der Waals surface area contributed by atoms with Crippen molar-refractivity contribution in [2.24, 2.45) is 0 Å². The third-order valence-electron chi connectivity index (χ3n) is 2.84. The molecule has 1 rings (SSSR count). The van der Waals surface area contributed by atoms with Crippen LogP contribution in [0, 0.1) is 0 Å². The lowest BCUT2D eigenvalue weighted by Gasteiger charge is -2.35. The first kappa shape index (κ1) is 9.52. The molecule has 12 heavy (non-hydrogen) atoms. The van der Waals surface area contributed by atoms with Gasteiger partial charge in [0.2, 0.25) is 0 Å². The third kappa shape index (κ3) is 1.61. The predicted octanol–water partition coefficient (Wildman–Crippen LogP) is 1.77. The number of amides is 1. The quantitative estimate of drug-likeness (QED) is 0.563. The van der Waals surface area contributed by atoms with Gasteiger partial charge in [0.1, 0.15) is 0 Å². The van der Waals surface area contributed by atoms with Crippen molar-refractivity contribution in [3.05, 3.63) is 0 Å². The first-order chi connectivity index (χ1) is 5.75. The Labute approximate surface area is 73.9 Å². The summed E-state index contributed by atoms with van der Waals surface area (Å²) in [6.45, 7) is 4.85. The van der Waals surface area contributed by atoms with Gasteiger partial charge >= 0.3 is 6.09 Å². The van der Waals surface area contributed by atoms with Gasteiger partial charge in [-0.05, 0) is 26.2 Å². The minimum absolute atomic E-state index is 0.0581. The van der Waals surface area contributed by atoms with E-state index in [1.807, 2.05) is 0 Å². The van der Waals surface area contributed by atoms with Crippen LogP contribution in [0.2, 0.25) is 0 Å². The molecule has 0 radical (unpaired) electrons. The first-order valence-corrected chi connectivity index (χ1v) is 4.70. The lowest BCUT2D eigenvalue weighted by atomic mass is 10.1. The van der Waals surface area contributed by atoms with Crippen LogP contribution in [0.5, 0.6) is 0 Å². The van der Waals surface area contributed by atoms with Crippen molar-refractivity contribution >= 4 is 6.09 Å². The van der Waals surface area contributed by atoms with E-state index >= 15 is 0 Å². The monoisotopic (exact) mass is 172 g/mol. The highest BCUT2D eigenvalue weighted by Gasteiger charge is 2.37. The fourth-order valence-electron chi connectivity index (χ4n) is 1.94. The molecule has 1 fully saturated rings. The van der Waals surface area contributed by atoms with E-state index in [2.05, 4.69) is 6.92 Å². The molecule has 0 bridgehead atoms. The van der Waals surface area contributed by atoms with Crippen molar-refractivity contribution in [2.75, 3.05) is 26.7 Å². The molecule has 0 spiro atoms. The normalized spacial score (nSPS) is 21.8. The van der Waals surface area contributed by atoms with Gasteiger partial charge in [-0.25, -0.2) is 4.48 Å². The maximum Gasteiger partial charge on any atom is 0.515 e. The van der Waals surface area contributed by atoms with Gasteiger partial charge in [0.15, 0.2) is 0 Å². The number of ether oxygens (including phenoxy) is 1. The number of quaternary nitrogens is 1. The Balaban J connectivity index is 2.66. The van der Waals surface area contributed by atoms with E-state index in [1.165, 1.54) is 13.5 Å². The number of piperidine rings is 1. The number of hydrogen-bond acceptors (Lipinski definition) is 2. The van der Waals surface area contributed by atoms with E-state index in [4.69, 9.17) is 4.74 Å². The Morgan fingerprint density at radius 2 is 1.92 bits per heavy atom. The minimum Gasteiger partial charge on any atom is -0.423 e. The first-order valence-electron chi connectivity index (χ1n) is 4.70. The lowest BCUT2D eigenvalue weighted by molar-refractivity contribution is -0.860. The summed E-state index contributed by atoms with van der Waals surface area (Å²) in [4.78, 5) is 11.5. The van der Waals surface area contributed by atoms with E-state index in [1.54, 1.807) is 0 Å². The van der Waals surface area contributed by atoms with Crippen molar-refractivity contribution in [3.63, 3.8) is 0 Å². The average molecular weight is 172 g/mol. The number of hydrogen-bond donors (Lipinski definition) is 0. The zero-order valence-corrected chi connectivity index (χ0v) is 8.01. The molecule has 0 unspecified atom stereocenters. The van der Waals surface area contributed by atoms with Crippen molar-refractivity contribution in [1.82, 2.24) is 0 Å². The fraction of sp³-hybridized carbons (Fsp3) is 0.889. The van der Waals surface area contributed by atoms with E-state index in [0.717, 1.165) is 32.5 Å². The van der Waals surface area contributed by atoms with Crippen molar-refractivity contribution in [2.45, 2.75) is 26.2 Å². The Morgan fingerprint density at radius 3 is 2.33 bits per heavy atom. The minimum atomic E-state index is -0.0581. The molecule has 3 heteroatoms. The summed E-state index contributed by atoms with van der Waals surface area (Å²) in [6, 6.07) is 0. The number of carbonyl (C=O) groups is 1. The number of carbonyl (C=O) groups excluding carboxylic acids is 1. The largest absolute Gasteiger partial charge is 0.515 e. The molecule has 1 aliphatic heterocycles. The standard InChI is InChI=1S/C9H18NO2/c1-3-10(9(11)12-2)7-5-4-6-8-10/h3-8H2,1-2H3/q+1. The zero-order valence-electron chi connectivity index (χ0n) is 8.01. The van der Waals surface area contributed by atoms with Crippen LogP contribution in [0.15, 0.2) is 0 Å². The molecule has 0 atom stereocenters. The van der Waals surface area contributed by atoms with Crippen molar-refractivity contribution < 1.29 is 14.0 Å². The SMILES string of the molecule is CC[N+]1(C(=O)OC)CCCCC1. The van der Waals surface area contributed by atoms with Crippen LogP contribution in [0.25, 0.3) is 0 Å². The van der Waals surface area contributed by atoms with Crippen LogP contribution < -0.4 is 0 Å². The summed E-state index contributed by atoms with van der Waals surface area (Å²) in [5.41, 5.74) is 0. The Bertz CT molecular complexity index is 162. The highest BCUT2D eigenvalue weighted by Crippen LogP contribution is 2.19. The molecule has 1 amide bonds. The molecule has 0 aromatic heterocycles. The van der Waals surface area contributed by atoms with Gasteiger partial charge in [-0.2, -0.15) is 4.79 Å². The van der Waals surface area contributed by atoms with Gasteiger partial charge in [-0.1, -0.05) is 0 Å². The summed E-state index contributed by atoms with van der Waals surface area (Å²) in [7, 11) is 1.48. The molecule has 1 heterocycles. The van der Waals surface area contributed by atoms with Crippen LogP contribution >= 0.6 is 0 Å². The smallest absolute Gasteiger partial charge is 0.423 e. The maximum atomic E-state index is 11.5. The second kappa shape index (κ2) is 3.90.